The molecule has 3 aromatic rings. The highest BCUT2D eigenvalue weighted by atomic mass is 32.1. The van der Waals surface area contributed by atoms with Crippen molar-refractivity contribution in [3.8, 4) is 16.2 Å². The fourth-order valence-electron chi connectivity index (χ4n) is 2.68. The lowest BCUT2D eigenvalue weighted by Gasteiger charge is -2.08. The summed E-state index contributed by atoms with van der Waals surface area (Å²) in [5, 5.41) is 32.1. The van der Waals surface area contributed by atoms with Gasteiger partial charge in [0, 0.05) is 29.2 Å². The van der Waals surface area contributed by atoms with Crippen molar-refractivity contribution in [2.45, 2.75) is 6.54 Å². The molecule has 0 aliphatic heterocycles. The minimum Gasteiger partial charge on any atom is -0.480 e. The number of aromatic carboxylic acids is 1. The number of hydrogen-bond donors (Lipinski definition) is 3. The van der Waals surface area contributed by atoms with E-state index in [1.807, 2.05) is 12.1 Å². The van der Waals surface area contributed by atoms with Gasteiger partial charge in [-0.3, -0.25) is 10.1 Å². The molecule has 0 amide bonds. The molecule has 0 radical (unpaired) electrons. The molecule has 30 heavy (non-hydrogen) atoms. The Kier molecular flexibility index (Phi) is 6.28. The van der Waals surface area contributed by atoms with Crippen LogP contribution in [0.3, 0.4) is 0 Å². The van der Waals surface area contributed by atoms with Gasteiger partial charge in [0.05, 0.1) is 4.92 Å². The Labute approximate surface area is 174 Å². The van der Waals surface area contributed by atoms with Gasteiger partial charge in [0.2, 0.25) is 0 Å². The summed E-state index contributed by atoms with van der Waals surface area (Å²) in [6.07, 6.45) is 0. The highest BCUT2D eigenvalue weighted by Crippen LogP contribution is 2.36. The number of nitro groups is 1. The zero-order valence-electron chi connectivity index (χ0n) is 15.4. The van der Waals surface area contributed by atoms with Gasteiger partial charge in [-0.1, -0.05) is 24.3 Å². The van der Waals surface area contributed by atoms with Gasteiger partial charge in [0.15, 0.2) is 11.5 Å². The molecule has 2 aromatic carbocycles. The summed E-state index contributed by atoms with van der Waals surface area (Å²) in [6, 6.07) is 15.0. The Hall–Kier alpha value is -3.92. The number of nitro benzene ring substituents is 1. The number of aliphatic carboxylic acids is 1. The third-order valence-corrected chi connectivity index (χ3v) is 5.16. The number of hydrogen-bond acceptors (Lipinski definition) is 7. The first kappa shape index (κ1) is 20.8. The van der Waals surface area contributed by atoms with Crippen LogP contribution in [-0.2, 0) is 11.3 Å². The van der Waals surface area contributed by atoms with E-state index in [-0.39, 0.29) is 16.3 Å². The first-order chi connectivity index (χ1) is 14.3. The molecule has 1 aromatic heterocycles. The summed E-state index contributed by atoms with van der Waals surface area (Å²) >= 11 is 0.988. The molecule has 154 valence electrons. The van der Waals surface area contributed by atoms with Crippen LogP contribution >= 0.6 is 11.3 Å². The minimum absolute atomic E-state index is 0.00465. The molecule has 0 aliphatic carbocycles. The Morgan fingerprint density at radius 3 is 2.57 bits per heavy atom. The highest BCUT2D eigenvalue weighted by Gasteiger charge is 2.18. The van der Waals surface area contributed by atoms with Crippen molar-refractivity contribution in [3.63, 3.8) is 0 Å². The monoisotopic (exact) mass is 428 g/mol. The third-order valence-electron chi connectivity index (χ3n) is 4.01. The van der Waals surface area contributed by atoms with E-state index >= 15 is 0 Å². The lowest BCUT2D eigenvalue weighted by atomic mass is 10.1. The summed E-state index contributed by atoms with van der Waals surface area (Å²) in [4.78, 5) is 33.1. The van der Waals surface area contributed by atoms with Gasteiger partial charge in [0.1, 0.15) is 5.75 Å². The van der Waals surface area contributed by atoms with Crippen molar-refractivity contribution >= 4 is 34.7 Å². The number of nitrogens with zero attached hydrogens (tertiary/aromatic N) is 1. The predicted molar refractivity (Wildman–Crippen MR) is 110 cm³/mol. The van der Waals surface area contributed by atoms with E-state index < -0.39 is 23.5 Å². The molecule has 0 bridgehead atoms. The van der Waals surface area contributed by atoms with Crippen LogP contribution < -0.4 is 10.1 Å². The second kappa shape index (κ2) is 9.05. The van der Waals surface area contributed by atoms with Crippen LogP contribution in [0.15, 0.2) is 54.6 Å². The van der Waals surface area contributed by atoms with Gasteiger partial charge in [-0.05, 0) is 29.3 Å². The summed E-state index contributed by atoms with van der Waals surface area (Å²) < 4.78 is 5.09. The Morgan fingerprint density at radius 2 is 1.87 bits per heavy atom. The standard InChI is InChI=1S/C20H16N2O7S/c23-18(24)11-29-16-9-17(30-19(16)20(25)26)13-4-1-3-12(7-13)10-21-14-5-2-6-15(8-14)22(27)28/h1-9,21H,10-11H2,(H,23,24)(H,25,26). The quantitative estimate of drug-likeness (QED) is 0.342. The van der Waals surface area contributed by atoms with Crippen LogP contribution in [0.5, 0.6) is 5.75 Å². The second-order valence-electron chi connectivity index (χ2n) is 6.15. The molecule has 0 saturated heterocycles. The van der Waals surface area contributed by atoms with Gasteiger partial charge in [-0.25, -0.2) is 9.59 Å². The average molecular weight is 428 g/mol. The largest absolute Gasteiger partial charge is 0.480 e. The number of benzene rings is 2. The molecular weight excluding hydrogens is 412 g/mol. The maximum atomic E-state index is 11.4. The van der Waals surface area contributed by atoms with E-state index in [1.165, 1.54) is 18.2 Å². The summed E-state index contributed by atoms with van der Waals surface area (Å²) in [7, 11) is 0. The van der Waals surface area contributed by atoms with E-state index in [9.17, 15) is 24.8 Å². The van der Waals surface area contributed by atoms with Crippen LogP contribution in [0.2, 0.25) is 0 Å². The van der Waals surface area contributed by atoms with Crippen LogP contribution in [0.25, 0.3) is 10.4 Å². The van der Waals surface area contributed by atoms with Crippen LogP contribution in [0.1, 0.15) is 15.2 Å². The van der Waals surface area contributed by atoms with Crippen molar-refractivity contribution in [2.24, 2.45) is 0 Å². The fraction of sp³-hybridized carbons (Fsp3) is 0.100. The molecule has 1 heterocycles. The molecule has 0 atom stereocenters. The predicted octanol–water partition coefficient (Wildman–Crippen LogP) is 4.10. The first-order valence-electron chi connectivity index (χ1n) is 8.63. The van der Waals surface area contributed by atoms with Gasteiger partial charge in [0.25, 0.3) is 5.69 Å². The molecule has 9 nitrogen and oxygen atoms in total. The third kappa shape index (κ3) is 5.11. The molecular formula is C20H16N2O7S. The normalized spacial score (nSPS) is 10.4. The Balaban J connectivity index is 1.79. The van der Waals surface area contributed by atoms with Gasteiger partial charge in [-0.2, -0.15) is 0 Å². The number of rotatable bonds is 9. The number of thiophene rings is 1. The molecule has 0 saturated carbocycles. The topological polar surface area (TPSA) is 139 Å². The maximum absolute atomic E-state index is 11.4. The van der Waals surface area contributed by atoms with E-state index in [0.29, 0.717) is 17.1 Å². The molecule has 3 N–H and O–H groups in total. The molecule has 3 rings (SSSR count). The fourth-order valence-corrected chi connectivity index (χ4v) is 3.62. The lowest BCUT2D eigenvalue weighted by Crippen LogP contribution is -2.10. The molecule has 0 spiro atoms. The molecule has 0 fully saturated rings. The van der Waals surface area contributed by atoms with E-state index in [4.69, 9.17) is 9.84 Å². The SMILES string of the molecule is O=C(O)COc1cc(-c2cccc(CNc3cccc([N+](=O)[O-])c3)c2)sc1C(=O)O. The van der Waals surface area contributed by atoms with Crippen LogP contribution in [-0.4, -0.2) is 33.7 Å². The zero-order valence-corrected chi connectivity index (χ0v) is 16.2. The molecule has 0 unspecified atom stereocenters. The van der Waals surface area contributed by atoms with Gasteiger partial charge in [-0.15, -0.1) is 11.3 Å². The Bertz CT molecular complexity index is 1110. The number of non-ortho nitro benzene ring substituents is 1. The van der Waals surface area contributed by atoms with Crippen molar-refractivity contribution in [3.05, 3.63) is 75.2 Å². The van der Waals surface area contributed by atoms with E-state index in [1.54, 1.807) is 24.3 Å². The first-order valence-corrected chi connectivity index (χ1v) is 9.44. The Morgan fingerprint density at radius 1 is 1.10 bits per heavy atom. The molecule has 0 aliphatic rings. The summed E-state index contributed by atoms with van der Waals surface area (Å²) in [5.74, 6) is -2.39. The average Bonchev–Trinajstić information content (AvgIpc) is 3.16. The van der Waals surface area contributed by atoms with Crippen molar-refractivity contribution in [2.75, 3.05) is 11.9 Å². The minimum atomic E-state index is -1.20. The number of anilines is 1. The van der Waals surface area contributed by atoms with Gasteiger partial charge >= 0.3 is 11.9 Å². The molecule has 10 heteroatoms. The van der Waals surface area contributed by atoms with E-state index in [0.717, 1.165) is 22.5 Å². The van der Waals surface area contributed by atoms with Crippen LogP contribution in [0.4, 0.5) is 11.4 Å². The van der Waals surface area contributed by atoms with Crippen molar-refractivity contribution < 1.29 is 29.5 Å². The number of carboxylic acid groups (broad SMARTS) is 2. The van der Waals surface area contributed by atoms with E-state index in [2.05, 4.69) is 5.32 Å². The highest BCUT2D eigenvalue weighted by molar-refractivity contribution is 7.17. The summed E-state index contributed by atoms with van der Waals surface area (Å²) in [5.41, 5.74) is 2.20. The van der Waals surface area contributed by atoms with Crippen molar-refractivity contribution in [1.29, 1.82) is 0 Å². The number of ether oxygens (including phenoxy) is 1. The number of carboxylic acids is 2. The lowest BCUT2D eigenvalue weighted by molar-refractivity contribution is -0.384. The summed E-state index contributed by atoms with van der Waals surface area (Å²) in [6.45, 7) is -0.238. The maximum Gasteiger partial charge on any atom is 0.349 e. The number of carbonyl (C=O) groups is 2. The number of nitrogens with one attached hydrogen (secondary N) is 1. The zero-order chi connectivity index (χ0) is 21.7. The van der Waals surface area contributed by atoms with Gasteiger partial charge < -0.3 is 20.3 Å². The van der Waals surface area contributed by atoms with Crippen molar-refractivity contribution in [1.82, 2.24) is 0 Å². The van der Waals surface area contributed by atoms with Crippen LogP contribution in [0, 0.1) is 10.1 Å². The second-order valence-corrected chi connectivity index (χ2v) is 7.21. The smallest absolute Gasteiger partial charge is 0.349 e.